The molecule has 2 nitrogen and oxygen atoms in total. The van der Waals surface area contributed by atoms with Crippen LogP contribution in [0.25, 0.3) is 5.57 Å². The van der Waals surface area contributed by atoms with Gasteiger partial charge in [0.05, 0.1) is 19.8 Å². The Morgan fingerprint density at radius 3 is 2.88 bits per heavy atom. The lowest BCUT2D eigenvalue weighted by Crippen LogP contribution is -2.07. The Bertz CT molecular complexity index is 424. The summed E-state index contributed by atoms with van der Waals surface area (Å²) < 4.78 is 6.33. The molecule has 1 N–H and O–H groups in total. The lowest BCUT2D eigenvalue weighted by Gasteiger charge is -2.19. The maximum absolute atomic E-state index is 9.42. The number of hydrogen-bond acceptors (Lipinski definition) is 2. The van der Waals surface area contributed by atoms with Crippen molar-refractivity contribution in [2.45, 2.75) is 20.0 Å². The topological polar surface area (TPSA) is 29.5 Å². The van der Waals surface area contributed by atoms with Crippen LogP contribution in [0, 0.1) is 6.92 Å². The Morgan fingerprint density at radius 1 is 1.44 bits per heavy atom. The van der Waals surface area contributed by atoms with Crippen LogP contribution in [0.1, 0.15) is 23.1 Å². The quantitative estimate of drug-likeness (QED) is 0.904. The van der Waals surface area contributed by atoms with Gasteiger partial charge in [-0.15, -0.1) is 0 Å². The van der Waals surface area contributed by atoms with E-state index in [0.29, 0.717) is 6.61 Å². The fourth-order valence-electron chi connectivity index (χ4n) is 2.15. The van der Waals surface area contributed by atoms with E-state index in [-0.39, 0.29) is 6.61 Å². The number of aliphatic hydroxyl groups is 1. The van der Waals surface area contributed by atoms with Crippen molar-refractivity contribution in [2.24, 2.45) is 0 Å². The van der Waals surface area contributed by atoms with Gasteiger partial charge in [0, 0.05) is 4.47 Å². The van der Waals surface area contributed by atoms with Gasteiger partial charge in [0.1, 0.15) is 0 Å². The van der Waals surface area contributed by atoms with Gasteiger partial charge in [0.15, 0.2) is 0 Å². The molecule has 1 aliphatic heterocycles. The molecule has 0 unspecified atom stereocenters. The first-order valence-corrected chi connectivity index (χ1v) is 6.18. The summed E-state index contributed by atoms with van der Waals surface area (Å²) in [6, 6.07) is 4.07. The molecule has 0 saturated heterocycles. The van der Waals surface area contributed by atoms with Crippen LogP contribution >= 0.6 is 15.9 Å². The predicted octanol–water partition coefficient (Wildman–Crippen LogP) is 3.05. The van der Waals surface area contributed by atoms with E-state index in [1.165, 1.54) is 16.7 Å². The molecule has 1 aliphatic rings. The average Bonchev–Trinajstić information content (AvgIpc) is 2.29. The molecule has 86 valence electrons. The van der Waals surface area contributed by atoms with Gasteiger partial charge in [-0.1, -0.05) is 22.0 Å². The summed E-state index contributed by atoms with van der Waals surface area (Å²) >= 11 is 3.46. The third kappa shape index (κ3) is 2.37. The Hall–Kier alpha value is -0.640. The third-order valence-electron chi connectivity index (χ3n) is 2.84. The van der Waals surface area contributed by atoms with E-state index < -0.39 is 0 Å². The number of hydrogen-bond donors (Lipinski definition) is 1. The van der Waals surface area contributed by atoms with Gasteiger partial charge in [0.25, 0.3) is 0 Å². The lowest BCUT2D eigenvalue weighted by molar-refractivity contribution is 0.161. The molecule has 0 bridgehead atoms. The van der Waals surface area contributed by atoms with E-state index in [1.54, 1.807) is 0 Å². The summed E-state index contributed by atoms with van der Waals surface area (Å²) in [4.78, 5) is 0. The molecule has 2 rings (SSSR count). The second-order valence-electron chi connectivity index (χ2n) is 3.97. The zero-order chi connectivity index (χ0) is 11.5. The minimum Gasteiger partial charge on any atom is -0.392 e. The summed E-state index contributed by atoms with van der Waals surface area (Å²) in [5.41, 5.74) is 4.67. The molecule has 0 radical (unpaired) electrons. The molecular weight excluding hydrogens is 268 g/mol. The molecule has 1 aromatic carbocycles. The maximum atomic E-state index is 9.42. The van der Waals surface area contributed by atoms with Crippen molar-refractivity contribution in [3.8, 4) is 0 Å². The fraction of sp³-hybridized carbons (Fsp3) is 0.385. The highest BCUT2D eigenvalue weighted by Crippen LogP contribution is 2.30. The van der Waals surface area contributed by atoms with E-state index in [2.05, 4.69) is 35.0 Å². The highest BCUT2D eigenvalue weighted by atomic mass is 79.9. The first-order valence-electron chi connectivity index (χ1n) is 5.39. The van der Waals surface area contributed by atoms with Crippen molar-refractivity contribution in [2.75, 3.05) is 13.2 Å². The number of aliphatic hydroxyl groups excluding tert-OH is 1. The van der Waals surface area contributed by atoms with E-state index >= 15 is 0 Å². The van der Waals surface area contributed by atoms with E-state index in [4.69, 9.17) is 4.74 Å². The van der Waals surface area contributed by atoms with Gasteiger partial charge in [-0.3, -0.25) is 0 Å². The normalized spacial score (nSPS) is 16.1. The smallest absolute Gasteiger partial charge is 0.0688 e. The van der Waals surface area contributed by atoms with Gasteiger partial charge < -0.3 is 9.84 Å². The van der Waals surface area contributed by atoms with Crippen molar-refractivity contribution in [1.29, 1.82) is 0 Å². The van der Waals surface area contributed by atoms with Gasteiger partial charge in [-0.05, 0) is 47.7 Å². The summed E-state index contributed by atoms with van der Waals surface area (Å²) in [6.07, 6.45) is 3.04. The van der Waals surface area contributed by atoms with Crippen LogP contribution in [0.2, 0.25) is 0 Å². The van der Waals surface area contributed by atoms with Crippen molar-refractivity contribution in [3.63, 3.8) is 0 Å². The molecule has 1 aromatic rings. The highest BCUT2D eigenvalue weighted by Gasteiger charge is 2.13. The molecule has 0 aliphatic carbocycles. The van der Waals surface area contributed by atoms with Crippen molar-refractivity contribution >= 4 is 21.5 Å². The van der Waals surface area contributed by atoms with Crippen molar-refractivity contribution in [3.05, 3.63) is 39.4 Å². The number of aryl methyl sites for hydroxylation is 1. The van der Waals surface area contributed by atoms with E-state index in [0.717, 1.165) is 23.1 Å². The largest absolute Gasteiger partial charge is 0.392 e. The Labute approximate surface area is 104 Å². The Kier molecular flexibility index (Phi) is 3.79. The number of benzene rings is 1. The first-order chi connectivity index (χ1) is 7.72. The molecule has 0 fully saturated rings. The molecular formula is C13H15BrO2. The molecule has 0 aromatic heterocycles. The number of rotatable bonds is 2. The summed E-state index contributed by atoms with van der Waals surface area (Å²) in [7, 11) is 0. The van der Waals surface area contributed by atoms with Crippen LogP contribution in [0.3, 0.4) is 0 Å². The highest BCUT2D eigenvalue weighted by molar-refractivity contribution is 9.10. The van der Waals surface area contributed by atoms with Crippen molar-refractivity contribution in [1.82, 2.24) is 0 Å². The van der Waals surface area contributed by atoms with E-state index in [9.17, 15) is 5.11 Å². The van der Waals surface area contributed by atoms with Crippen LogP contribution < -0.4 is 0 Å². The minimum atomic E-state index is 0.0772. The van der Waals surface area contributed by atoms with Crippen LogP contribution in [-0.4, -0.2) is 18.3 Å². The zero-order valence-electron chi connectivity index (χ0n) is 9.29. The Morgan fingerprint density at radius 2 is 2.25 bits per heavy atom. The Balaban J connectivity index is 2.49. The van der Waals surface area contributed by atoms with Gasteiger partial charge >= 0.3 is 0 Å². The zero-order valence-corrected chi connectivity index (χ0v) is 10.9. The minimum absolute atomic E-state index is 0.0772. The fourth-order valence-corrected chi connectivity index (χ4v) is 2.77. The standard InChI is InChI=1S/C13H15BrO2/c1-9-6-12(14)7-11(8-15)13(9)10-2-4-16-5-3-10/h2,6-7,15H,3-5,8H2,1H3. The van der Waals surface area contributed by atoms with Crippen LogP contribution in [0.4, 0.5) is 0 Å². The van der Waals surface area contributed by atoms with Gasteiger partial charge in [0.2, 0.25) is 0 Å². The van der Waals surface area contributed by atoms with Gasteiger partial charge in [-0.2, -0.15) is 0 Å². The summed E-state index contributed by atoms with van der Waals surface area (Å²) in [5.74, 6) is 0. The molecule has 0 saturated carbocycles. The average molecular weight is 283 g/mol. The molecule has 3 heteroatoms. The molecule has 0 atom stereocenters. The molecule has 0 spiro atoms. The SMILES string of the molecule is Cc1cc(Br)cc(CO)c1C1=CCOCC1. The second-order valence-corrected chi connectivity index (χ2v) is 4.88. The summed E-state index contributed by atoms with van der Waals surface area (Å²) in [5, 5.41) is 9.42. The molecule has 0 amide bonds. The van der Waals surface area contributed by atoms with E-state index in [1.807, 2.05) is 6.07 Å². The maximum Gasteiger partial charge on any atom is 0.0688 e. The van der Waals surface area contributed by atoms with Crippen LogP contribution in [0.15, 0.2) is 22.7 Å². The summed E-state index contributed by atoms with van der Waals surface area (Å²) in [6.45, 7) is 3.60. The van der Waals surface area contributed by atoms with Crippen LogP contribution in [0.5, 0.6) is 0 Å². The molecule has 1 heterocycles. The monoisotopic (exact) mass is 282 g/mol. The van der Waals surface area contributed by atoms with Crippen LogP contribution in [-0.2, 0) is 11.3 Å². The van der Waals surface area contributed by atoms with Gasteiger partial charge in [-0.25, -0.2) is 0 Å². The van der Waals surface area contributed by atoms with Crippen molar-refractivity contribution < 1.29 is 9.84 Å². The second kappa shape index (κ2) is 5.13. The lowest BCUT2D eigenvalue weighted by atomic mass is 9.92. The molecule has 16 heavy (non-hydrogen) atoms. The third-order valence-corrected chi connectivity index (χ3v) is 3.29. The first kappa shape index (κ1) is 11.8. The number of halogens is 1. The predicted molar refractivity (Wildman–Crippen MR) is 68.2 cm³/mol. The number of ether oxygens (including phenoxy) is 1.